The molecule has 0 fully saturated rings. The van der Waals surface area contributed by atoms with Crippen molar-refractivity contribution in [2.24, 2.45) is 0 Å². The number of hydrogen-bond acceptors (Lipinski definition) is 2. The van der Waals surface area contributed by atoms with Crippen molar-refractivity contribution < 1.29 is 18.8 Å². The summed E-state index contributed by atoms with van der Waals surface area (Å²) >= 11 is 9.35. The maximum atomic E-state index is 13.0. The van der Waals surface area contributed by atoms with Crippen LogP contribution in [0.25, 0.3) is 0 Å². The Balaban J connectivity index is 1.98. The molecule has 0 aromatic heterocycles. The molecule has 24 heavy (non-hydrogen) atoms. The molecule has 0 aliphatic carbocycles. The van der Waals surface area contributed by atoms with Crippen molar-refractivity contribution in [3.8, 4) is 5.75 Å². The molecular formula is C17H18BrClFN2O2+. The Labute approximate surface area is 153 Å². The molecule has 0 heterocycles. The van der Waals surface area contributed by atoms with Gasteiger partial charge in [0.1, 0.15) is 18.1 Å². The van der Waals surface area contributed by atoms with E-state index >= 15 is 0 Å². The van der Waals surface area contributed by atoms with Crippen molar-refractivity contribution in [2.45, 2.75) is 6.54 Å². The Morgan fingerprint density at radius 3 is 2.75 bits per heavy atom. The van der Waals surface area contributed by atoms with Gasteiger partial charge in [-0.2, -0.15) is 0 Å². The Morgan fingerprint density at radius 2 is 2.08 bits per heavy atom. The monoisotopic (exact) mass is 415 g/mol. The third-order valence-electron chi connectivity index (χ3n) is 3.40. The van der Waals surface area contributed by atoms with Gasteiger partial charge in [0.15, 0.2) is 6.54 Å². The molecule has 2 aromatic rings. The number of methoxy groups -OCH3 is 1. The van der Waals surface area contributed by atoms with Crippen LogP contribution in [0.1, 0.15) is 5.56 Å². The predicted octanol–water partition coefficient (Wildman–Crippen LogP) is 2.90. The number of benzene rings is 2. The lowest BCUT2D eigenvalue weighted by Crippen LogP contribution is -3.08. The third-order valence-corrected chi connectivity index (χ3v) is 4.21. The number of quaternary nitrogens is 1. The van der Waals surface area contributed by atoms with Crippen LogP contribution in [0.3, 0.4) is 0 Å². The van der Waals surface area contributed by atoms with Crippen LogP contribution < -0.4 is 15.0 Å². The van der Waals surface area contributed by atoms with E-state index in [1.165, 1.54) is 18.2 Å². The zero-order chi connectivity index (χ0) is 17.7. The molecular weight excluding hydrogens is 399 g/mol. The van der Waals surface area contributed by atoms with E-state index in [4.69, 9.17) is 16.3 Å². The van der Waals surface area contributed by atoms with Crippen molar-refractivity contribution in [1.82, 2.24) is 0 Å². The van der Waals surface area contributed by atoms with Crippen molar-refractivity contribution in [2.75, 3.05) is 26.0 Å². The van der Waals surface area contributed by atoms with Gasteiger partial charge in [0, 0.05) is 10.0 Å². The number of carbonyl (C=O) groups excluding carboxylic acids is 1. The Kier molecular flexibility index (Phi) is 6.60. The molecule has 0 bridgehead atoms. The van der Waals surface area contributed by atoms with Gasteiger partial charge >= 0.3 is 0 Å². The lowest BCUT2D eigenvalue weighted by atomic mass is 10.2. The molecule has 0 aliphatic rings. The molecule has 0 spiro atoms. The molecule has 7 heteroatoms. The first kappa shape index (κ1) is 18.7. The average molecular weight is 417 g/mol. The Bertz CT molecular complexity index is 743. The third kappa shape index (κ3) is 5.19. The van der Waals surface area contributed by atoms with E-state index in [1.807, 2.05) is 25.2 Å². The number of nitrogens with one attached hydrogen (secondary N) is 2. The smallest absolute Gasteiger partial charge is 0.279 e. The van der Waals surface area contributed by atoms with Crippen LogP contribution in [0.5, 0.6) is 5.75 Å². The summed E-state index contributed by atoms with van der Waals surface area (Å²) in [7, 11) is 3.53. The largest absolute Gasteiger partial charge is 0.496 e. The van der Waals surface area contributed by atoms with Crippen LogP contribution in [-0.2, 0) is 11.3 Å². The highest BCUT2D eigenvalue weighted by Crippen LogP contribution is 2.23. The van der Waals surface area contributed by atoms with Gasteiger partial charge in [-0.25, -0.2) is 4.39 Å². The highest BCUT2D eigenvalue weighted by molar-refractivity contribution is 9.10. The van der Waals surface area contributed by atoms with Crippen LogP contribution in [-0.4, -0.2) is 26.6 Å². The second-order valence-corrected chi connectivity index (χ2v) is 6.76. The number of halogens is 3. The highest BCUT2D eigenvalue weighted by atomic mass is 79.9. The van der Waals surface area contributed by atoms with E-state index in [-0.39, 0.29) is 17.5 Å². The molecule has 2 N–H and O–H groups in total. The van der Waals surface area contributed by atoms with Gasteiger partial charge in [-0.05, 0) is 36.4 Å². The SMILES string of the molecule is COc1ccc(Br)cc1C[NH+](C)CC(=O)Nc1ccc(F)cc1Cl. The van der Waals surface area contributed by atoms with E-state index < -0.39 is 5.82 Å². The summed E-state index contributed by atoms with van der Waals surface area (Å²) in [6.45, 7) is 0.858. The summed E-state index contributed by atoms with van der Waals surface area (Å²) in [6.07, 6.45) is 0. The van der Waals surface area contributed by atoms with Gasteiger partial charge < -0.3 is 15.0 Å². The number of carbonyl (C=O) groups is 1. The molecule has 0 radical (unpaired) electrons. The summed E-state index contributed by atoms with van der Waals surface area (Å²) in [4.78, 5) is 13.1. The van der Waals surface area contributed by atoms with Crippen LogP contribution in [0.4, 0.5) is 10.1 Å². The van der Waals surface area contributed by atoms with E-state index in [9.17, 15) is 9.18 Å². The van der Waals surface area contributed by atoms with Gasteiger partial charge in [0.25, 0.3) is 5.91 Å². The van der Waals surface area contributed by atoms with Gasteiger partial charge in [-0.3, -0.25) is 4.79 Å². The zero-order valence-corrected chi connectivity index (χ0v) is 15.7. The first-order valence-electron chi connectivity index (χ1n) is 7.27. The number of anilines is 1. The Morgan fingerprint density at radius 1 is 1.33 bits per heavy atom. The topological polar surface area (TPSA) is 42.8 Å². The fourth-order valence-corrected chi connectivity index (χ4v) is 2.96. The van der Waals surface area contributed by atoms with Crippen molar-refractivity contribution in [3.05, 3.63) is 57.3 Å². The predicted molar refractivity (Wildman–Crippen MR) is 96.2 cm³/mol. The molecule has 1 atom stereocenters. The van der Waals surface area contributed by atoms with E-state index in [0.717, 1.165) is 20.7 Å². The van der Waals surface area contributed by atoms with E-state index in [1.54, 1.807) is 7.11 Å². The van der Waals surface area contributed by atoms with Gasteiger partial charge in [-0.1, -0.05) is 27.5 Å². The number of amides is 1. The average Bonchev–Trinajstić information content (AvgIpc) is 2.50. The lowest BCUT2D eigenvalue weighted by Gasteiger charge is -2.16. The highest BCUT2D eigenvalue weighted by Gasteiger charge is 2.15. The van der Waals surface area contributed by atoms with Crippen LogP contribution in [0, 0.1) is 5.82 Å². The molecule has 1 amide bonds. The van der Waals surface area contributed by atoms with E-state index in [0.29, 0.717) is 12.2 Å². The van der Waals surface area contributed by atoms with Gasteiger partial charge in [0.05, 0.1) is 24.9 Å². The summed E-state index contributed by atoms with van der Waals surface area (Å²) in [6, 6.07) is 9.62. The van der Waals surface area contributed by atoms with Gasteiger partial charge in [0.2, 0.25) is 0 Å². The molecule has 0 saturated carbocycles. The maximum Gasteiger partial charge on any atom is 0.279 e. The second-order valence-electron chi connectivity index (χ2n) is 5.44. The number of hydrogen-bond donors (Lipinski definition) is 2. The summed E-state index contributed by atoms with van der Waals surface area (Å²) < 4.78 is 19.3. The Hall–Kier alpha value is -1.63. The molecule has 128 valence electrons. The van der Waals surface area contributed by atoms with Crippen molar-refractivity contribution >= 4 is 39.1 Å². The molecule has 0 saturated heterocycles. The molecule has 2 aromatic carbocycles. The normalized spacial score (nSPS) is 11.9. The fourth-order valence-electron chi connectivity index (χ4n) is 2.33. The summed E-state index contributed by atoms with van der Waals surface area (Å²) in [5.74, 6) is 0.136. The van der Waals surface area contributed by atoms with E-state index in [2.05, 4.69) is 21.2 Å². The first-order chi connectivity index (χ1) is 11.4. The number of ether oxygens (including phenoxy) is 1. The second kappa shape index (κ2) is 8.46. The minimum absolute atomic E-state index is 0.176. The van der Waals surface area contributed by atoms with Crippen LogP contribution in [0.2, 0.25) is 5.02 Å². The van der Waals surface area contributed by atoms with Crippen molar-refractivity contribution in [1.29, 1.82) is 0 Å². The zero-order valence-electron chi connectivity index (χ0n) is 13.3. The molecule has 1 unspecified atom stereocenters. The number of likely N-dealkylation sites (N-methyl/N-ethyl adjacent to an activating group) is 1. The fraction of sp³-hybridized carbons (Fsp3) is 0.235. The van der Waals surface area contributed by atoms with Crippen LogP contribution in [0.15, 0.2) is 40.9 Å². The summed E-state index contributed by atoms with van der Waals surface area (Å²) in [5.41, 5.74) is 1.40. The molecule has 4 nitrogen and oxygen atoms in total. The van der Waals surface area contributed by atoms with Crippen LogP contribution >= 0.6 is 27.5 Å². The molecule has 0 aliphatic heterocycles. The summed E-state index contributed by atoms with van der Waals surface area (Å²) in [5, 5.41) is 2.87. The minimum Gasteiger partial charge on any atom is -0.496 e. The number of rotatable bonds is 6. The lowest BCUT2D eigenvalue weighted by molar-refractivity contribution is -0.885. The quantitative estimate of drug-likeness (QED) is 0.760. The minimum atomic E-state index is -0.442. The standard InChI is InChI=1S/C17H17BrClFN2O2/c1-22(9-11-7-12(18)3-6-16(11)24-2)10-17(23)21-15-5-4-13(20)8-14(15)19/h3-8H,9-10H2,1-2H3,(H,21,23)/p+1. The van der Waals surface area contributed by atoms with Crippen molar-refractivity contribution in [3.63, 3.8) is 0 Å². The first-order valence-corrected chi connectivity index (χ1v) is 8.44. The molecule has 2 rings (SSSR count). The maximum absolute atomic E-state index is 13.0. The van der Waals surface area contributed by atoms with Gasteiger partial charge in [-0.15, -0.1) is 0 Å².